The highest BCUT2D eigenvalue weighted by molar-refractivity contribution is 5.77. The van der Waals surface area contributed by atoms with Crippen molar-refractivity contribution in [2.45, 2.75) is 20.4 Å². The fraction of sp³-hybridized carbons (Fsp3) is 0.364. The lowest BCUT2D eigenvalue weighted by molar-refractivity contribution is -0.116. The van der Waals surface area contributed by atoms with Gasteiger partial charge in [0.15, 0.2) is 0 Å². The van der Waals surface area contributed by atoms with Crippen LogP contribution in [-0.4, -0.2) is 12.3 Å². The van der Waals surface area contributed by atoms with Crippen molar-refractivity contribution in [1.82, 2.24) is 5.32 Å². The van der Waals surface area contributed by atoms with E-state index in [9.17, 15) is 9.18 Å². The van der Waals surface area contributed by atoms with Crippen LogP contribution in [0.5, 0.6) is 0 Å². The third-order valence-electron chi connectivity index (χ3n) is 1.94. The Balaban J connectivity index is 2.51. The predicted octanol–water partition coefficient (Wildman–Crippen LogP) is 1.81. The van der Waals surface area contributed by atoms with Crippen LogP contribution in [0.1, 0.15) is 18.1 Å². The molecule has 0 radical (unpaired) electrons. The van der Waals surface area contributed by atoms with Crippen molar-refractivity contribution in [3.63, 3.8) is 0 Å². The predicted molar refractivity (Wildman–Crippen MR) is 53.5 cm³/mol. The quantitative estimate of drug-likeness (QED) is 0.793. The standard InChI is InChI=1S/C11H14FNO/c1-8-3-4-10(5-11(8)12)7-13-6-9(2)14/h3-5,13H,6-7H2,1-2H3. The van der Waals surface area contributed by atoms with Crippen molar-refractivity contribution in [2.75, 3.05) is 6.54 Å². The van der Waals surface area contributed by atoms with Crippen LogP contribution in [0, 0.1) is 12.7 Å². The molecule has 0 atom stereocenters. The van der Waals surface area contributed by atoms with Gasteiger partial charge in [0.2, 0.25) is 0 Å². The van der Waals surface area contributed by atoms with E-state index in [0.717, 1.165) is 5.56 Å². The van der Waals surface area contributed by atoms with Crippen molar-refractivity contribution in [3.05, 3.63) is 35.1 Å². The molecule has 0 aliphatic rings. The number of benzene rings is 1. The Morgan fingerprint density at radius 3 is 2.79 bits per heavy atom. The van der Waals surface area contributed by atoms with E-state index in [0.29, 0.717) is 18.7 Å². The molecule has 0 saturated carbocycles. The number of carbonyl (C=O) groups is 1. The second kappa shape index (κ2) is 4.86. The van der Waals surface area contributed by atoms with Gasteiger partial charge in [0.25, 0.3) is 0 Å². The molecule has 0 aromatic heterocycles. The summed E-state index contributed by atoms with van der Waals surface area (Å²) >= 11 is 0. The zero-order valence-electron chi connectivity index (χ0n) is 8.43. The van der Waals surface area contributed by atoms with Gasteiger partial charge in [-0.25, -0.2) is 4.39 Å². The summed E-state index contributed by atoms with van der Waals surface area (Å²) in [6.07, 6.45) is 0. The Bertz CT molecular complexity index is 336. The number of Topliss-reactive ketones (excluding diaryl/α,β-unsaturated/α-hetero) is 1. The van der Waals surface area contributed by atoms with Crippen LogP contribution in [0.2, 0.25) is 0 Å². The molecule has 0 fully saturated rings. The second-order valence-corrected chi connectivity index (χ2v) is 3.39. The van der Waals surface area contributed by atoms with Gasteiger partial charge in [-0.3, -0.25) is 4.79 Å². The Labute approximate surface area is 83.1 Å². The summed E-state index contributed by atoms with van der Waals surface area (Å²) in [4.78, 5) is 10.6. The lowest BCUT2D eigenvalue weighted by atomic mass is 10.1. The molecule has 3 heteroatoms. The molecule has 0 aliphatic heterocycles. The van der Waals surface area contributed by atoms with E-state index >= 15 is 0 Å². The van der Waals surface area contributed by atoms with Gasteiger partial charge in [-0.15, -0.1) is 0 Å². The zero-order valence-corrected chi connectivity index (χ0v) is 8.43. The summed E-state index contributed by atoms with van der Waals surface area (Å²) in [5.41, 5.74) is 1.50. The van der Waals surface area contributed by atoms with Gasteiger partial charge in [-0.1, -0.05) is 12.1 Å². The number of carbonyl (C=O) groups excluding carboxylic acids is 1. The van der Waals surface area contributed by atoms with Crippen LogP contribution in [0.15, 0.2) is 18.2 Å². The highest BCUT2D eigenvalue weighted by Gasteiger charge is 1.99. The van der Waals surface area contributed by atoms with E-state index in [4.69, 9.17) is 0 Å². The molecule has 0 spiro atoms. The first-order valence-electron chi connectivity index (χ1n) is 4.55. The Morgan fingerprint density at radius 2 is 2.21 bits per heavy atom. The number of halogens is 1. The zero-order chi connectivity index (χ0) is 10.6. The molecular weight excluding hydrogens is 181 g/mol. The molecule has 0 bridgehead atoms. The summed E-state index contributed by atoms with van der Waals surface area (Å²) in [6, 6.07) is 5.08. The summed E-state index contributed by atoms with van der Waals surface area (Å²) in [7, 11) is 0. The Hall–Kier alpha value is -1.22. The molecule has 0 amide bonds. The number of ketones is 1. The van der Waals surface area contributed by atoms with E-state index in [2.05, 4.69) is 5.32 Å². The summed E-state index contributed by atoms with van der Waals surface area (Å²) in [6.45, 7) is 4.09. The van der Waals surface area contributed by atoms with Crippen molar-refractivity contribution < 1.29 is 9.18 Å². The molecule has 14 heavy (non-hydrogen) atoms. The Kier molecular flexibility index (Phi) is 3.77. The SMILES string of the molecule is CC(=O)CNCc1ccc(C)c(F)c1. The lowest BCUT2D eigenvalue weighted by Gasteiger charge is -2.03. The van der Waals surface area contributed by atoms with Crippen molar-refractivity contribution in [1.29, 1.82) is 0 Å². The van der Waals surface area contributed by atoms with E-state index in [1.54, 1.807) is 13.0 Å². The molecule has 1 aromatic rings. The number of hydrogen-bond donors (Lipinski definition) is 1. The molecule has 1 rings (SSSR count). The van der Waals surface area contributed by atoms with Crippen LogP contribution < -0.4 is 5.32 Å². The van der Waals surface area contributed by atoms with Crippen molar-refractivity contribution >= 4 is 5.78 Å². The molecule has 2 nitrogen and oxygen atoms in total. The third-order valence-corrected chi connectivity index (χ3v) is 1.94. The first-order valence-corrected chi connectivity index (χ1v) is 4.55. The van der Waals surface area contributed by atoms with E-state index in [-0.39, 0.29) is 11.6 Å². The second-order valence-electron chi connectivity index (χ2n) is 3.39. The topological polar surface area (TPSA) is 29.1 Å². The molecule has 76 valence electrons. The highest BCUT2D eigenvalue weighted by Crippen LogP contribution is 2.08. The van der Waals surface area contributed by atoms with E-state index in [1.165, 1.54) is 13.0 Å². The fourth-order valence-electron chi connectivity index (χ4n) is 1.13. The molecule has 0 unspecified atom stereocenters. The van der Waals surface area contributed by atoms with Gasteiger partial charge in [-0.2, -0.15) is 0 Å². The first-order chi connectivity index (χ1) is 6.59. The summed E-state index contributed by atoms with van der Waals surface area (Å²) in [5, 5.41) is 2.93. The van der Waals surface area contributed by atoms with Gasteiger partial charge < -0.3 is 5.32 Å². The van der Waals surface area contributed by atoms with Crippen LogP contribution in [-0.2, 0) is 11.3 Å². The third kappa shape index (κ3) is 3.26. The smallest absolute Gasteiger partial charge is 0.143 e. The van der Waals surface area contributed by atoms with Crippen LogP contribution >= 0.6 is 0 Å². The maximum atomic E-state index is 13.1. The van der Waals surface area contributed by atoms with Crippen LogP contribution in [0.3, 0.4) is 0 Å². The number of hydrogen-bond acceptors (Lipinski definition) is 2. The molecule has 0 heterocycles. The minimum absolute atomic E-state index is 0.0811. The van der Waals surface area contributed by atoms with Gasteiger partial charge in [0, 0.05) is 6.54 Å². The lowest BCUT2D eigenvalue weighted by Crippen LogP contribution is -2.20. The van der Waals surface area contributed by atoms with E-state index in [1.807, 2.05) is 6.07 Å². The minimum atomic E-state index is -0.202. The van der Waals surface area contributed by atoms with Gasteiger partial charge >= 0.3 is 0 Å². The normalized spacial score (nSPS) is 10.2. The number of rotatable bonds is 4. The summed E-state index contributed by atoms with van der Waals surface area (Å²) in [5.74, 6) is -0.121. The molecule has 1 aromatic carbocycles. The monoisotopic (exact) mass is 195 g/mol. The van der Waals surface area contributed by atoms with Gasteiger partial charge in [-0.05, 0) is 31.0 Å². The molecular formula is C11H14FNO. The highest BCUT2D eigenvalue weighted by atomic mass is 19.1. The molecule has 0 saturated heterocycles. The van der Waals surface area contributed by atoms with Crippen LogP contribution in [0.25, 0.3) is 0 Å². The number of aryl methyl sites for hydroxylation is 1. The minimum Gasteiger partial charge on any atom is -0.306 e. The van der Waals surface area contributed by atoms with Gasteiger partial charge in [0.05, 0.1) is 6.54 Å². The fourth-order valence-corrected chi connectivity index (χ4v) is 1.13. The average molecular weight is 195 g/mol. The first kappa shape index (κ1) is 10.9. The average Bonchev–Trinajstić information content (AvgIpc) is 2.10. The maximum absolute atomic E-state index is 13.1. The molecule has 0 aliphatic carbocycles. The maximum Gasteiger partial charge on any atom is 0.143 e. The molecule has 1 N–H and O–H groups in total. The number of nitrogens with one attached hydrogen (secondary N) is 1. The van der Waals surface area contributed by atoms with E-state index < -0.39 is 0 Å². The van der Waals surface area contributed by atoms with Crippen molar-refractivity contribution in [2.24, 2.45) is 0 Å². The Morgan fingerprint density at radius 1 is 1.50 bits per heavy atom. The summed E-state index contributed by atoms with van der Waals surface area (Å²) < 4.78 is 13.1. The largest absolute Gasteiger partial charge is 0.306 e. The van der Waals surface area contributed by atoms with Crippen molar-refractivity contribution in [3.8, 4) is 0 Å². The van der Waals surface area contributed by atoms with Crippen LogP contribution in [0.4, 0.5) is 4.39 Å². The van der Waals surface area contributed by atoms with Gasteiger partial charge in [0.1, 0.15) is 11.6 Å².